The first-order valence-corrected chi connectivity index (χ1v) is 7.78. The summed E-state index contributed by atoms with van der Waals surface area (Å²) >= 11 is 0. The number of pyridine rings is 1. The summed E-state index contributed by atoms with van der Waals surface area (Å²) < 4.78 is 5.19. The number of aryl methyl sites for hydroxylation is 1. The third-order valence-corrected chi connectivity index (χ3v) is 4.13. The molecule has 0 saturated carbocycles. The van der Waals surface area contributed by atoms with Gasteiger partial charge in [0.1, 0.15) is 5.75 Å². The molecule has 0 spiro atoms. The Hall–Kier alpha value is -2.56. The highest BCUT2D eigenvalue weighted by Gasteiger charge is 2.22. The maximum absolute atomic E-state index is 12.6. The molecular weight excluding hydrogens is 290 g/mol. The van der Waals surface area contributed by atoms with Crippen LogP contribution in [0.5, 0.6) is 5.75 Å². The lowest BCUT2D eigenvalue weighted by molar-refractivity contribution is 0.0746. The van der Waals surface area contributed by atoms with Crippen LogP contribution in [0.2, 0.25) is 0 Å². The van der Waals surface area contributed by atoms with Gasteiger partial charge in [-0.25, -0.2) is 0 Å². The lowest BCUT2D eigenvalue weighted by Crippen LogP contribution is -2.48. The smallest absolute Gasteiger partial charge is 0.254 e. The van der Waals surface area contributed by atoms with E-state index in [1.807, 2.05) is 42.3 Å². The Bertz CT molecular complexity index is 694. The maximum atomic E-state index is 12.6. The summed E-state index contributed by atoms with van der Waals surface area (Å²) in [5.74, 6) is 0.774. The van der Waals surface area contributed by atoms with Crippen molar-refractivity contribution < 1.29 is 9.53 Å². The molecule has 5 nitrogen and oxygen atoms in total. The molecule has 0 atom stereocenters. The number of piperazine rings is 1. The van der Waals surface area contributed by atoms with Gasteiger partial charge in [0.25, 0.3) is 5.91 Å². The third-order valence-electron chi connectivity index (χ3n) is 4.13. The Kier molecular flexibility index (Phi) is 4.46. The van der Waals surface area contributed by atoms with Crippen molar-refractivity contribution in [3.63, 3.8) is 0 Å². The number of benzene rings is 1. The summed E-state index contributed by atoms with van der Waals surface area (Å²) in [6.45, 7) is 5.10. The Morgan fingerprint density at radius 3 is 2.61 bits per heavy atom. The molecule has 1 saturated heterocycles. The molecular formula is C18H21N3O2. The number of aromatic nitrogens is 1. The second kappa shape index (κ2) is 6.69. The minimum absolute atomic E-state index is 0.0643. The van der Waals surface area contributed by atoms with E-state index in [4.69, 9.17) is 4.74 Å². The molecule has 1 aromatic carbocycles. The van der Waals surface area contributed by atoms with Gasteiger partial charge in [-0.1, -0.05) is 6.07 Å². The van der Waals surface area contributed by atoms with E-state index >= 15 is 0 Å². The minimum Gasteiger partial charge on any atom is -0.497 e. The zero-order valence-electron chi connectivity index (χ0n) is 13.5. The molecule has 0 aliphatic carbocycles. The average Bonchev–Trinajstić information content (AvgIpc) is 2.61. The molecule has 1 aliphatic heterocycles. The largest absolute Gasteiger partial charge is 0.497 e. The van der Waals surface area contributed by atoms with Gasteiger partial charge >= 0.3 is 0 Å². The van der Waals surface area contributed by atoms with E-state index in [-0.39, 0.29) is 5.91 Å². The molecule has 120 valence electrons. The van der Waals surface area contributed by atoms with Gasteiger partial charge in [0.2, 0.25) is 0 Å². The highest BCUT2D eigenvalue weighted by Crippen LogP contribution is 2.19. The summed E-state index contributed by atoms with van der Waals surface area (Å²) in [5.41, 5.74) is 2.86. The molecule has 2 heterocycles. The molecule has 5 heteroatoms. The Labute approximate surface area is 136 Å². The summed E-state index contributed by atoms with van der Waals surface area (Å²) in [6, 6.07) is 11.4. The molecule has 1 amide bonds. The first kappa shape index (κ1) is 15.3. The van der Waals surface area contributed by atoms with Crippen LogP contribution >= 0.6 is 0 Å². The predicted molar refractivity (Wildman–Crippen MR) is 90.1 cm³/mol. The van der Waals surface area contributed by atoms with E-state index in [0.29, 0.717) is 11.3 Å². The molecule has 0 unspecified atom stereocenters. The van der Waals surface area contributed by atoms with Crippen molar-refractivity contribution in [1.29, 1.82) is 0 Å². The number of carbonyl (C=O) groups excluding carboxylic acids is 1. The fourth-order valence-corrected chi connectivity index (χ4v) is 2.83. The number of carbonyl (C=O) groups is 1. The van der Waals surface area contributed by atoms with Gasteiger partial charge < -0.3 is 14.5 Å². The molecule has 23 heavy (non-hydrogen) atoms. The molecule has 1 fully saturated rings. The van der Waals surface area contributed by atoms with Gasteiger partial charge in [0.15, 0.2) is 0 Å². The van der Waals surface area contributed by atoms with E-state index in [1.165, 1.54) is 5.69 Å². The van der Waals surface area contributed by atoms with Crippen molar-refractivity contribution in [3.8, 4) is 5.75 Å². The van der Waals surface area contributed by atoms with Crippen LogP contribution in [-0.4, -0.2) is 49.1 Å². The van der Waals surface area contributed by atoms with Crippen molar-refractivity contribution in [1.82, 2.24) is 9.88 Å². The fraction of sp³-hybridized carbons (Fsp3) is 0.333. The van der Waals surface area contributed by atoms with Crippen LogP contribution in [0.15, 0.2) is 42.6 Å². The van der Waals surface area contributed by atoms with Crippen LogP contribution in [0.25, 0.3) is 0 Å². The number of amides is 1. The van der Waals surface area contributed by atoms with Crippen molar-refractivity contribution in [2.75, 3.05) is 38.2 Å². The van der Waals surface area contributed by atoms with E-state index < -0.39 is 0 Å². The molecule has 3 rings (SSSR count). The number of nitrogens with zero attached hydrogens (tertiary/aromatic N) is 3. The van der Waals surface area contributed by atoms with E-state index in [1.54, 1.807) is 13.2 Å². The monoisotopic (exact) mass is 311 g/mol. The van der Waals surface area contributed by atoms with Crippen LogP contribution in [0.1, 0.15) is 16.1 Å². The molecule has 2 aromatic rings. The Balaban J connectivity index is 1.65. The van der Waals surface area contributed by atoms with Crippen molar-refractivity contribution >= 4 is 11.6 Å². The number of hydrogen-bond donors (Lipinski definition) is 0. The molecule has 1 aromatic heterocycles. The first-order chi connectivity index (χ1) is 11.2. The number of methoxy groups -OCH3 is 1. The summed E-state index contributed by atoms with van der Waals surface area (Å²) in [4.78, 5) is 21.0. The quantitative estimate of drug-likeness (QED) is 0.873. The number of anilines is 1. The molecule has 1 aliphatic rings. The van der Waals surface area contributed by atoms with Crippen LogP contribution in [0, 0.1) is 6.92 Å². The zero-order chi connectivity index (χ0) is 16.2. The highest BCUT2D eigenvalue weighted by atomic mass is 16.5. The SMILES string of the molecule is COc1cccc(C(=O)N2CCN(c3ccnc(C)c3)CC2)c1. The minimum atomic E-state index is 0.0643. The van der Waals surface area contributed by atoms with Gasteiger partial charge in [0.05, 0.1) is 7.11 Å². The number of rotatable bonds is 3. The van der Waals surface area contributed by atoms with E-state index in [2.05, 4.69) is 16.0 Å². The van der Waals surface area contributed by atoms with Gasteiger partial charge in [-0.2, -0.15) is 0 Å². The van der Waals surface area contributed by atoms with E-state index in [0.717, 1.165) is 31.9 Å². The zero-order valence-corrected chi connectivity index (χ0v) is 13.5. The topological polar surface area (TPSA) is 45.7 Å². The average molecular weight is 311 g/mol. The Morgan fingerprint density at radius 1 is 1.13 bits per heavy atom. The Morgan fingerprint density at radius 2 is 1.91 bits per heavy atom. The summed E-state index contributed by atoms with van der Waals surface area (Å²) in [5, 5.41) is 0. The summed E-state index contributed by atoms with van der Waals surface area (Å²) in [7, 11) is 1.61. The van der Waals surface area contributed by atoms with Gasteiger partial charge in [-0.3, -0.25) is 9.78 Å². The van der Waals surface area contributed by atoms with Gasteiger partial charge in [-0.15, -0.1) is 0 Å². The van der Waals surface area contributed by atoms with Gasteiger partial charge in [-0.05, 0) is 37.3 Å². The van der Waals surface area contributed by atoms with Crippen LogP contribution < -0.4 is 9.64 Å². The second-order valence-corrected chi connectivity index (χ2v) is 5.67. The molecule has 0 N–H and O–H groups in total. The van der Waals surface area contributed by atoms with Crippen molar-refractivity contribution in [2.45, 2.75) is 6.92 Å². The molecule has 0 bridgehead atoms. The first-order valence-electron chi connectivity index (χ1n) is 7.78. The molecule has 0 radical (unpaired) electrons. The predicted octanol–water partition coefficient (Wildman–Crippen LogP) is 2.36. The lowest BCUT2D eigenvalue weighted by Gasteiger charge is -2.36. The number of ether oxygens (including phenoxy) is 1. The van der Waals surface area contributed by atoms with E-state index in [9.17, 15) is 4.79 Å². The highest BCUT2D eigenvalue weighted by molar-refractivity contribution is 5.94. The van der Waals surface area contributed by atoms with Crippen molar-refractivity contribution in [2.24, 2.45) is 0 Å². The fourth-order valence-electron chi connectivity index (χ4n) is 2.83. The van der Waals surface area contributed by atoms with Crippen LogP contribution in [-0.2, 0) is 0 Å². The van der Waals surface area contributed by atoms with Gasteiger partial charge in [0, 0.05) is 49.3 Å². The van der Waals surface area contributed by atoms with Crippen LogP contribution in [0.3, 0.4) is 0 Å². The third kappa shape index (κ3) is 3.44. The second-order valence-electron chi connectivity index (χ2n) is 5.67. The standard InChI is InChI=1S/C18H21N3O2/c1-14-12-16(6-7-19-14)20-8-10-21(11-9-20)18(22)15-4-3-5-17(13-15)23-2/h3-7,12-13H,8-11H2,1-2H3. The summed E-state index contributed by atoms with van der Waals surface area (Å²) in [6.07, 6.45) is 1.83. The lowest BCUT2D eigenvalue weighted by atomic mass is 10.1. The number of hydrogen-bond acceptors (Lipinski definition) is 4. The normalized spacial score (nSPS) is 14.7. The van der Waals surface area contributed by atoms with Crippen molar-refractivity contribution in [3.05, 3.63) is 53.9 Å². The maximum Gasteiger partial charge on any atom is 0.254 e. The van der Waals surface area contributed by atoms with Crippen LogP contribution in [0.4, 0.5) is 5.69 Å².